The Kier molecular flexibility index (Phi) is 3.77. The molecule has 3 aromatic carbocycles. The number of hydrogen-bond acceptors (Lipinski definition) is 3. The largest absolute Gasteiger partial charge is 0.493 e. The first-order chi connectivity index (χ1) is 11.7. The zero-order valence-electron chi connectivity index (χ0n) is 14.0. The summed E-state index contributed by atoms with van der Waals surface area (Å²) in [5, 5.41) is 9.70. The Bertz CT molecular complexity index is 815. The number of benzene rings is 3. The van der Waals surface area contributed by atoms with E-state index in [1.165, 1.54) is 27.7 Å². The van der Waals surface area contributed by atoms with Crippen molar-refractivity contribution in [3.8, 4) is 5.75 Å². The molecule has 0 bridgehead atoms. The lowest BCUT2D eigenvalue weighted by atomic mass is 10.0. The molecule has 0 amide bonds. The summed E-state index contributed by atoms with van der Waals surface area (Å²) in [5.74, 6) is 1.45. The monoisotopic (exact) mass is 318 g/mol. The maximum atomic E-state index is 5.77. The quantitative estimate of drug-likeness (QED) is 0.674. The van der Waals surface area contributed by atoms with Crippen molar-refractivity contribution in [3.05, 3.63) is 66.2 Å². The van der Waals surface area contributed by atoms with E-state index in [1.54, 1.807) is 0 Å². The van der Waals surface area contributed by atoms with Gasteiger partial charge in [-0.05, 0) is 41.1 Å². The van der Waals surface area contributed by atoms with E-state index in [1.807, 2.05) is 12.1 Å². The molecule has 0 spiro atoms. The van der Waals surface area contributed by atoms with Gasteiger partial charge in [-0.25, -0.2) is 0 Å². The Balaban J connectivity index is 1.58. The first-order valence-electron chi connectivity index (χ1n) is 8.48. The van der Waals surface area contributed by atoms with E-state index in [-0.39, 0.29) is 6.17 Å². The molecule has 0 saturated heterocycles. The molecule has 1 aliphatic heterocycles. The lowest BCUT2D eigenvalue weighted by Gasteiger charge is -2.29. The summed E-state index contributed by atoms with van der Waals surface area (Å²) in [7, 11) is 0. The molecule has 3 aromatic rings. The molecule has 0 saturated carbocycles. The first-order valence-corrected chi connectivity index (χ1v) is 8.48. The Morgan fingerprint density at radius 2 is 1.50 bits per heavy atom. The highest BCUT2D eigenvalue weighted by molar-refractivity contribution is 6.04. The van der Waals surface area contributed by atoms with Gasteiger partial charge >= 0.3 is 0 Å². The molecule has 2 N–H and O–H groups in total. The van der Waals surface area contributed by atoms with Crippen LogP contribution in [-0.2, 0) is 0 Å². The fourth-order valence-electron chi connectivity index (χ4n) is 3.11. The van der Waals surface area contributed by atoms with Crippen LogP contribution in [0.15, 0.2) is 60.7 Å². The van der Waals surface area contributed by atoms with Gasteiger partial charge in [0.15, 0.2) is 0 Å². The third kappa shape index (κ3) is 2.78. The number of hydrogen-bond donors (Lipinski definition) is 2. The minimum Gasteiger partial charge on any atom is -0.493 e. The van der Waals surface area contributed by atoms with Gasteiger partial charge in [-0.15, -0.1) is 0 Å². The lowest BCUT2D eigenvalue weighted by molar-refractivity contribution is 0.271. The third-order valence-corrected chi connectivity index (χ3v) is 4.30. The van der Waals surface area contributed by atoms with E-state index in [2.05, 4.69) is 73.0 Å². The second-order valence-corrected chi connectivity index (χ2v) is 6.70. The van der Waals surface area contributed by atoms with Crippen LogP contribution >= 0.6 is 0 Å². The van der Waals surface area contributed by atoms with E-state index in [9.17, 15) is 0 Å². The van der Waals surface area contributed by atoms with Crippen molar-refractivity contribution in [2.45, 2.75) is 20.0 Å². The number of anilines is 2. The smallest absolute Gasteiger partial charge is 0.123 e. The molecule has 4 rings (SSSR count). The number of rotatable bonds is 4. The first kappa shape index (κ1) is 14.9. The summed E-state index contributed by atoms with van der Waals surface area (Å²) < 4.78 is 5.77. The summed E-state index contributed by atoms with van der Waals surface area (Å²) in [6, 6.07) is 21.1. The fourth-order valence-corrected chi connectivity index (χ4v) is 3.11. The van der Waals surface area contributed by atoms with Gasteiger partial charge in [0.2, 0.25) is 0 Å². The van der Waals surface area contributed by atoms with Crippen LogP contribution in [0.1, 0.15) is 25.6 Å². The molecule has 0 unspecified atom stereocenters. The van der Waals surface area contributed by atoms with Crippen molar-refractivity contribution < 1.29 is 4.74 Å². The predicted octanol–water partition coefficient (Wildman–Crippen LogP) is 5.41. The van der Waals surface area contributed by atoms with Gasteiger partial charge in [-0.2, -0.15) is 0 Å². The minimum atomic E-state index is 0.0599. The molecule has 122 valence electrons. The maximum Gasteiger partial charge on any atom is 0.123 e. The molecule has 3 nitrogen and oxygen atoms in total. The van der Waals surface area contributed by atoms with Crippen LogP contribution < -0.4 is 15.4 Å². The van der Waals surface area contributed by atoms with Crippen molar-refractivity contribution in [1.82, 2.24) is 0 Å². The molecule has 1 heterocycles. The van der Waals surface area contributed by atoms with Crippen molar-refractivity contribution in [2.24, 2.45) is 5.92 Å². The van der Waals surface area contributed by atoms with Gasteiger partial charge < -0.3 is 15.4 Å². The van der Waals surface area contributed by atoms with E-state index in [0.717, 1.165) is 12.4 Å². The average Bonchev–Trinajstić information content (AvgIpc) is 2.61. The maximum absolute atomic E-state index is 5.77. The topological polar surface area (TPSA) is 33.3 Å². The van der Waals surface area contributed by atoms with Gasteiger partial charge in [-0.1, -0.05) is 50.2 Å². The Hall–Kier alpha value is -2.68. The summed E-state index contributed by atoms with van der Waals surface area (Å²) in [4.78, 5) is 0. The fraction of sp³-hybridized carbons (Fsp3) is 0.238. The standard InChI is InChI=1S/C21H22N2O/c1-14(2)13-24-17-11-9-16(10-12-17)21-22-18-7-3-5-15-6-4-8-19(23-21)20(15)18/h3-12,14,21-23H,13H2,1-2H3. The zero-order chi connectivity index (χ0) is 16.5. The highest BCUT2D eigenvalue weighted by Crippen LogP contribution is 2.38. The highest BCUT2D eigenvalue weighted by Gasteiger charge is 2.19. The molecule has 0 fully saturated rings. The van der Waals surface area contributed by atoms with Gasteiger partial charge in [-0.3, -0.25) is 0 Å². The normalized spacial score (nSPS) is 13.6. The third-order valence-electron chi connectivity index (χ3n) is 4.30. The van der Waals surface area contributed by atoms with Gasteiger partial charge in [0, 0.05) is 16.8 Å². The van der Waals surface area contributed by atoms with Crippen molar-refractivity contribution >= 4 is 22.1 Å². The minimum absolute atomic E-state index is 0.0599. The molecule has 0 aliphatic carbocycles. The molecule has 24 heavy (non-hydrogen) atoms. The lowest BCUT2D eigenvalue weighted by Crippen LogP contribution is -2.23. The van der Waals surface area contributed by atoms with Crippen LogP contribution in [0.2, 0.25) is 0 Å². The molecule has 0 aromatic heterocycles. The van der Waals surface area contributed by atoms with Gasteiger partial charge in [0.05, 0.1) is 6.61 Å². The summed E-state index contributed by atoms with van der Waals surface area (Å²) >= 11 is 0. The molecule has 0 radical (unpaired) electrons. The molecular formula is C21H22N2O. The van der Waals surface area contributed by atoms with Crippen LogP contribution in [0.25, 0.3) is 10.8 Å². The van der Waals surface area contributed by atoms with Gasteiger partial charge in [0.25, 0.3) is 0 Å². The number of nitrogens with one attached hydrogen (secondary N) is 2. The van der Waals surface area contributed by atoms with E-state index in [0.29, 0.717) is 5.92 Å². The zero-order valence-corrected chi connectivity index (χ0v) is 14.0. The molecule has 3 heteroatoms. The summed E-state index contributed by atoms with van der Waals surface area (Å²) in [6.07, 6.45) is 0.0599. The second-order valence-electron chi connectivity index (χ2n) is 6.70. The van der Waals surface area contributed by atoms with Crippen LogP contribution in [-0.4, -0.2) is 6.61 Å². The van der Waals surface area contributed by atoms with Crippen LogP contribution in [0.3, 0.4) is 0 Å². The van der Waals surface area contributed by atoms with Crippen molar-refractivity contribution in [3.63, 3.8) is 0 Å². The van der Waals surface area contributed by atoms with Crippen LogP contribution in [0, 0.1) is 5.92 Å². The Labute approximate surface area is 142 Å². The average molecular weight is 318 g/mol. The molecule has 0 atom stereocenters. The molecular weight excluding hydrogens is 296 g/mol. The molecule has 1 aliphatic rings. The van der Waals surface area contributed by atoms with Gasteiger partial charge in [0.1, 0.15) is 11.9 Å². The van der Waals surface area contributed by atoms with Crippen molar-refractivity contribution in [1.29, 1.82) is 0 Å². The highest BCUT2D eigenvalue weighted by atomic mass is 16.5. The Morgan fingerprint density at radius 1 is 0.875 bits per heavy atom. The van der Waals surface area contributed by atoms with E-state index in [4.69, 9.17) is 4.74 Å². The predicted molar refractivity (Wildman–Crippen MR) is 101 cm³/mol. The summed E-state index contributed by atoms with van der Waals surface area (Å²) in [6.45, 7) is 5.05. The van der Waals surface area contributed by atoms with Crippen LogP contribution in [0.5, 0.6) is 5.75 Å². The second kappa shape index (κ2) is 6.08. The number of ether oxygens (including phenoxy) is 1. The summed E-state index contributed by atoms with van der Waals surface area (Å²) in [5.41, 5.74) is 3.54. The van der Waals surface area contributed by atoms with E-state index < -0.39 is 0 Å². The van der Waals surface area contributed by atoms with Crippen LogP contribution in [0.4, 0.5) is 11.4 Å². The van der Waals surface area contributed by atoms with E-state index >= 15 is 0 Å². The van der Waals surface area contributed by atoms with Crippen molar-refractivity contribution in [2.75, 3.05) is 17.2 Å². The Morgan fingerprint density at radius 3 is 2.08 bits per heavy atom. The SMILES string of the molecule is CC(C)COc1ccc(C2Nc3cccc4cccc(c34)N2)cc1.